The first-order chi connectivity index (χ1) is 13.1. The third-order valence-corrected chi connectivity index (χ3v) is 5.71. The lowest BCUT2D eigenvalue weighted by molar-refractivity contribution is -0.145. The minimum atomic E-state index is -0.131. The first-order valence-corrected chi connectivity index (χ1v) is 9.94. The van der Waals surface area contributed by atoms with Crippen molar-refractivity contribution in [2.24, 2.45) is 16.8 Å². The molecule has 156 valence electrons. The quantitative estimate of drug-likeness (QED) is 0.292. The van der Waals surface area contributed by atoms with E-state index in [9.17, 15) is 4.79 Å². The van der Waals surface area contributed by atoms with Gasteiger partial charge in [0, 0.05) is 33.2 Å². The number of likely N-dealkylation sites (tertiary alicyclic amines) is 2. The number of aliphatic imine (C=N–C) groups is 1. The van der Waals surface area contributed by atoms with Crippen LogP contribution in [0.5, 0.6) is 0 Å². The van der Waals surface area contributed by atoms with E-state index in [-0.39, 0.29) is 41.8 Å². The summed E-state index contributed by atoms with van der Waals surface area (Å²) in [4.78, 5) is 21.0. The summed E-state index contributed by atoms with van der Waals surface area (Å²) in [5, 5.41) is 3.43. The molecule has 28 heavy (non-hydrogen) atoms. The van der Waals surface area contributed by atoms with Gasteiger partial charge in [0.15, 0.2) is 5.96 Å². The number of hydrogen-bond donors (Lipinski definition) is 1. The summed E-state index contributed by atoms with van der Waals surface area (Å²) in [7, 11) is 3.25. The molecule has 2 heterocycles. The molecule has 7 heteroatoms. The van der Waals surface area contributed by atoms with E-state index in [1.54, 1.807) is 7.05 Å². The fourth-order valence-electron chi connectivity index (χ4n) is 4.07. The summed E-state index contributed by atoms with van der Waals surface area (Å²) >= 11 is 0. The predicted molar refractivity (Wildman–Crippen MR) is 123 cm³/mol. The first kappa shape index (κ1) is 22.9. The van der Waals surface area contributed by atoms with Gasteiger partial charge in [0.25, 0.3) is 0 Å². The number of guanidine groups is 1. The molecule has 2 aliphatic rings. The van der Waals surface area contributed by atoms with Gasteiger partial charge in [-0.15, -0.1) is 24.0 Å². The van der Waals surface area contributed by atoms with Crippen molar-refractivity contribution in [3.8, 4) is 0 Å². The van der Waals surface area contributed by atoms with Gasteiger partial charge in [-0.1, -0.05) is 31.2 Å². The highest BCUT2D eigenvalue weighted by molar-refractivity contribution is 14.0. The van der Waals surface area contributed by atoms with Crippen LogP contribution in [0.15, 0.2) is 29.3 Å². The maximum absolute atomic E-state index is 11.9. The number of methoxy groups -OCH3 is 1. The zero-order chi connectivity index (χ0) is 19.2. The van der Waals surface area contributed by atoms with Gasteiger partial charge in [-0.05, 0) is 43.0 Å². The van der Waals surface area contributed by atoms with Crippen molar-refractivity contribution in [1.29, 1.82) is 0 Å². The van der Waals surface area contributed by atoms with E-state index in [0.29, 0.717) is 6.54 Å². The molecule has 2 unspecified atom stereocenters. The molecular formula is C21H33IN4O2. The molecule has 2 atom stereocenters. The number of ether oxygens (including phenoxy) is 1. The minimum Gasteiger partial charge on any atom is -0.469 e. The molecule has 0 aliphatic carbocycles. The topological polar surface area (TPSA) is 57.2 Å². The number of halogens is 1. The number of nitrogens with zero attached hydrogens (tertiary/aromatic N) is 3. The molecule has 2 saturated heterocycles. The van der Waals surface area contributed by atoms with Crippen molar-refractivity contribution >= 4 is 35.9 Å². The van der Waals surface area contributed by atoms with Crippen LogP contribution >= 0.6 is 24.0 Å². The second kappa shape index (κ2) is 11.0. The van der Waals surface area contributed by atoms with E-state index in [0.717, 1.165) is 25.6 Å². The average molecular weight is 500 g/mol. The third kappa shape index (κ3) is 5.83. The summed E-state index contributed by atoms with van der Waals surface area (Å²) in [6, 6.07) is 8.83. The number of esters is 1. The van der Waals surface area contributed by atoms with E-state index in [1.165, 1.54) is 44.2 Å². The van der Waals surface area contributed by atoms with Crippen LogP contribution in [0.1, 0.15) is 30.9 Å². The molecular weight excluding hydrogens is 467 g/mol. The Kier molecular flexibility index (Phi) is 9.01. The van der Waals surface area contributed by atoms with Gasteiger partial charge < -0.3 is 15.0 Å². The van der Waals surface area contributed by atoms with Gasteiger partial charge in [-0.3, -0.25) is 14.7 Å². The molecule has 0 amide bonds. The van der Waals surface area contributed by atoms with Crippen LogP contribution in [-0.4, -0.2) is 62.1 Å². The Balaban J connectivity index is 0.00000280. The second-order valence-electron chi connectivity index (χ2n) is 7.71. The molecule has 1 N–H and O–H groups in total. The monoisotopic (exact) mass is 500 g/mol. The van der Waals surface area contributed by atoms with Gasteiger partial charge in [0.1, 0.15) is 0 Å². The Morgan fingerprint density at radius 1 is 1.18 bits per heavy atom. The molecule has 0 aromatic heterocycles. The van der Waals surface area contributed by atoms with E-state index < -0.39 is 0 Å². The largest absolute Gasteiger partial charge is 0.469 e. The van der Waals surface area contributed by atoms with Crippen molar-refractivity contribution in [1.82, 2.24) is 15.1 Å². The SMILES string of the molecule is CN=C(NCc1ccc(CN2CCCC2)cc1)N1CC(C)C(C(=O)OC)C1.I. The standard InChI is InChI=1S/C21H32N4O2.HI/c1-16-13-25(15-19(16)20(26)27-3)21(22-2)23-12-17-6-8-18(9-7-17)14-24-10-4-5-11-24;/h6-9,16,19H,4-5,10-15H2,1-3H3,(H,22,23);1H. The Bertz CT molecular complexity index is 659. The van der Waals surface area contributed by atoms with Gasteiger partial charge in [0.05, 0.1) is 13.0 Å². The molecule has 1 aromatic rings. The van der Waals surface area contributed by atoms with Gasteiger partial charge in [0.2, 0.25) is 0 Å². The molecule has 0 radical (unpaired) electrons. The lowest BCUT2D eigenvalue weighted by atomic mass is 9.99. The molecule has 3 rings (SSSR count). The Hall–Kier alpha value is -1.35. The minimum absolute atomic E-state index is 0. The van der Waals surface area contributed by atoms with Crippen LogP contribution < -0.4 is 5.32 Å². The third-order valence-electron chi connectivity index (χ3n) is 5.71. The van der Waals surface area contributed by atoms with E-state index in [2.05, 4.69) is 51.3 Å². The maximum Gasteiger partial charge on any atom is 0.310 e. The molecule has 2 fully saturated rings. The zero-order valence-corrected chi connectivity index (χ0v) is 19.5. The molecule has 0 spiro atoms. The lowest BCUT2D eigenvalue weighted by Crippen LogP contribution is -2.40. The normalized spacial score (nSPS) is 22.8. The van der Waals surface area contributed by atoms with Crippen molar-refractivity contribution in [3.05, 3.63) is 35.4 Å². The predicted octanol–water partition coefficient (Wildman–Crippen LogP) is 2.72. The highest BCUT2D eigenvalue weighted by atomic mass is 127. The van der Waals surface area contributed by atoms with Crippen LogP contribution in [0, 0.1) is 11.8 Å². The lowest BCUT2D eigenvalue weighted by Gasteiger charge is -2.21. The second-order valence-corrected chi connectivity index (χ2v) is 7.71. The summed E-state index contributed by atoms with van der Waals surface area (Å²) in [6.07, 6.45) is 2.65. The summed E-state index contributed by atoms with van der Waals surface area (Å²) in [5.74, 6) is 0.891. The fourth-order valence-corrected chi connectivity index (χ4v) is 4.07. The van der Waals surface area contributed by atoms with Crippen molar-refractivity contribution in [2.45, 2.75) is 32.9 Å². The maximum atomic E-state index is 11.9. The smallest absolute Gasteiger partial charge is 0.310 e. The number of carbonyl (C=O) groups excluding carboxylic acids is 1. The Morgan fingerprint density at radius 3 is 2.43 bits per heavy atom. The van der Waals surface area contributed by atoms with Crippen LogP contribution in [0.4, 0.5) is 0 Å². The van der Waals surface area contributed by atoms with Crippen molar-refractivity contribution in [3.63, 3.8) is 0 Å². The molecule has 0 bridgehead atoms. The number of benzene rings is 1. The number of carbonyl (C=O) groups is 1. The summed E-state index contributed by atoms with van der Waals surface area (Å²) < 4.78 is 4.92. The molecule has 6 nitrogen and oxygen atoms in total. The number of rotatable bonds is 5. The molecule has 1 aromatic carbocycles. The highest BCUT2D eigenvalue weighted by Gasteiger charge is 2.36. The Labute approximate surface area is 185 Å². The summed E-state index contributed by atoms with van der Waals surface area (Å²) in [6.45, 7) is 7.78. The fraction of sp³-hybridized carbons (Fsp3) is 0.619. The van der Waals surface area contributed by atoms with Crippen LogP contribution in [0.25, 0.3) is 0 Å². The van der Waals surface area contributed by atoms with Crippen molar-refractivity contribution < 1.29 is 9.53 Å². The van der Waals surface area contributed by atoms with Crippen molar-refractivity contribution in [2.75, 3.05) is 40.3 Å². The molecule has 2 aliphatic heterocycles. The number of nitrogens with one attached hydrogen (secondary N) is 1. The highest BCUT2D eigenvalue weighted by Crippen LogP contribution is 2.24. The average Bonchev–Trinajstić information content (AvgIpc) is 3.33. The van der Waals surface area contributed by atoms with Crippen LogP contribution in [0.2, 0.25) is 0 Å². The summed E-state index contributed by atoms with van der Waals surface area (Å²) in [5.41, 5.74) is 2.61. The van der Waals surface area contributed by atoms with Gasteiger partial charge in [-0.25, -0.2) is 0 Å². The van der Waals surface area contributed by atoms with E-state index in [4.69, 9.17) is 4.74 Å². The Morgan fingerprint density at radius 2 is 1.82 bits per heavy atom. The van der Waals surface area contributed by atoms with Crippen LogP contribution in [-0.2, 0) is 22.6 Å². The molecule has 0 saturated carbocycles. The van der Waals surface area contributed by atoms with E-state index in [1.807, 2.05) is 0 Å². The van der Waals surface area contributed by atoms with Gasteiger partial charge >= 0.3 is 5.97 Å². The van der Waals surface area contributed by atoms with E-state index >= 15 is 0 Å². The van der Waals surface area contributed by atoms with Gasteiger partial charge in [-0.2, -0.15) is 0 Å². The van der Waals surface area contributed by atoms with Crippen LogP contribution in [0.3, 0.4) is 0 Å². The number of hydrogen-bond acceptors (Lipinski definition) is 4. The zero-order valence-electron chi connectivity index (χ0n) is 17.2. The first-order valence-electron chi connectivity index (χ1n) is 9.94.